The predicted molar refractivity (Wildman–Crippen MR) is 70.3 cm³/mol. The van der Waals surface area contributed by atoms with Gasteiger partial charge in [0.05, 0.1) is 20.3 Å². The average molecular weight is 265 g/mol. The molecule has 1 aliphatic rings. The fourth-order valence-electron chi connectivity index (χ4n) is 1.97. The zero-order valence-corrected chi connectivity index (χ0v) is 11.3. The van der Waals surface area contributed by atoms with E-state index in [2.05, 4.69) is 0 Å². The Morgan fingerprint density at radius 2 is 2.11 bits per heavy atom. The smallest absolute Gasteiger partial charge is 0.222 e. The van der Waals surface area contributed by atoms with Crippen LogP contribution in [0.25, 0.3) is 0 Å². The molecule has 0 spiro atoms. The summed E-state index contributed by atoms with van der Waals surface area (Å²) in [6.07, 6.45) is 0.0544. The van der Waals surface area contributed by atoms with Crippen molar-refractivity contribution in [2.75, 3.05) is 27.3 Å². The molecule has 1 unspecified atom stereocenters. The molecule has 5 heteroatoms. The highest BCUT2D eigenvalue weighted by Crippen LogP contribution is 2.31. The maximum Gasteiger partial charge on any atom is 0.222 e. The Morgan fingerprint density at radius 1 is 1.37 bits per heavy atom. The van der Waals surface area contributed by atoms with Gasteiger partial charge in [0.2, 0.25) is 5.91 Å². The van der Waals surface area contributed by atoms with E-state index in [1.54, 1.807) is 37.3 Å². The maximum absolute atomic E-state index is 11.6. The second-order valence-electron chi connectivity index (χ2n) is 4.54. The van der Waals surface area contributed by atoms with E-state index in [0.717, 1.165) is 13.1 Å². The van der Waals surface area contributed by atoms with Crippen LogP contribution in [0.4, 0.5) is 0 Å². The van der Waals surface area contributed by atoms with E-state index < -0.39 is 6.10 Å². The number of carbonyl (C=O) groups is 1. The molecule has 0 aliphatic carbocycles. The molecule has 104 valence electrons. The average Bonchev–Trinajstić information content (AvgIpc) is 3.28. The monoisotopic (exact) mass is 265 g/mol. The maximum atomic E-state index is 11.6. The number of hydrogen-bond donors (Lipinski definition) is 1. The summed E-state index contributed by atoms with van der Waals surface area (Å²) in [4.78, 5) is 13.3. The van der Waals surface area contributed by atoms with Gasteiger partial charge in [0.15, 0.2) is 0 Å². The molecule has 1 amide bonds. The van der Waals surface area contributed by atoms with Crippen LogP contribution in [0.1, 0.15) is 24.5 Å². The summed E-state index contributed by atoms with van der Waals surface area (Å²) < 4.78 is 10.3. The lowest BCUT2D eigenvalue weighted by molar-refractivity contribution is -0.126. The van der Waals surface area contributed by atoms with E-state index in [0.29, 0.717) is 29.9 Å². The van der Waals surface area contributed by atoms with Crippen LogP contribution >= 0.6 is 0 Å². The van der Waals surface area contributed by atoms with E-state index in [1.807, 2.05) is 0 Å². The second-order valence-corrected chi connectivity index (χ2v) is 4.54. The van der Waals surface area contributed by atoms with E-state index in [4.69, 9.17) is 9.47 Å². The Hall–Kier alpha value is -1.75. The molecule has 0 radical (unpaired) electrons. The van der Waals surface area contributed by atoms with Gasteiger partial charge in [0.25, 0.3) is 0 Å². The number of rotatable bonds is 6. The highest BCUT2D eigenvalue weighted by Gasteiger charge is 2.24. The van der Waals surface area contributed by atoms with Crippen LogP contribution in [0, 0.1) is 0 Å². The number of aliphatic hydroxyl groups is 1. The van der Waals surface area contributed by atoms with Gasteiger partial charge in [0, 0.05) is 31.1 Å². The minimum atomic E-state index is -0.704. The quantitative estimate of drug-likeness (QED) is 0.789. The van der Waals surface area contributed by atoms with Gasteiger partial charge in [-0.15, -0.1) is 0 Å². The van der Waals surface area contributed by atoms with E-state index in [1.165, 1.54) is 0 Å². The molecule has 5 nitrogen and oxygen atoms in total. The van der Waals surface area contributed by atoms with Gasteiger partial charge in [-0.3, -0.25) is 4.79 Å². The van der Waals surface area contributed by atoms with Gasteiger partial charge < -0.3 is 19.5 Å². The Morgan fingerprint density at radius 3 is 2.68 bits per heavy atom. The third-order valence-corrected chi connectivity index (χ3v) is 3.23. The highest BCUT2D eigenvalue weighted by atomic mass is 16.5. The number of amides is 1. The third kappa shape index (κ3) is 3.38. The standard InChI is InChI=1S/C14H19NO4/c1-18-10-3-4-11(13(9-10)19-2)12(16)5-6-14(17)15-7-8-15/h3-4,9,12,16H,5-8H2,1-2H3. The van der Waals surface area contributed by atoms with Crippen LogP contribution in [0.15, 0.2) is 18.2 Å². The lowest BCUT2D eigenvalue weighted by Gasteiger charge is -2.15. The summed E-state index contributed by atoms with van der Waals surface area (Å²) in [5.41, 5.74) is 0.682. The van der Waals surface area contributed by atoms with Gasteiger partial charge in [-0.2, -0.15) is 0 Å². The first kappa shape index (κ1) is 13.7. The van der Waals surface area contributed by atoms with E-state index in [9.17, 15) is 9.90 Å². The fraction of sp³-hybridized carbons (Fsp3) is 0.500. The van der Waals surface area contributed by atoms with E-state index in [-0.39, 0.29) is 5.91 Å². The first-order valence-corrected chi connectivity index (χ1v) is 6.33. The van der Waals surface area contributed by atoms with Gasteiger partial charge in [-0.05, 0) is 18.6 Å². The summed E-state index contributed by atoms with van der Waals surface area (Å²) >= 11 is 0. The minimum absolute atomic E-state index is 0.103. The number of methoxy groups -OCH3 is 2. The molecule has 1 heterocycles. The Kier molecular flexibility index (Phi) is 4.27. The van der Waals surface area contributed by atoms with Crippen molar-refractivity contribution in [3.8, 4) is 11.5 Å². The predicted octanol–water partition coefficient (Wildman–Crippen LogP) is 1.36. The Balaban J connectivity index is 2.00. The van der Waals surface area contributed by atoms with Gasteiger partial charge in [0.1, 0.15) is 11.5 Å². The molecule has 0 saturated carbocycles. The lowest BCUT2D eigenvalue weighted by atomic mass is 10.0. The summed E-state index contributed by atoms with van der Waals surface area (Å²) in [6.45, 7) is 1.70. The number of nitrogens with zero attached hydrogens (tertiary/aromatic N) is 1. The number of ether oxygens (including phenoxy) is 2. The first-order valence-electron chi connectivity index (χ1n) is 6.33. The Bertz CT molecular complexity index is 457. The van der Waals surface area contributed by atoms with Crippen molar-refractivity contribution in [1.29, 1.82) is 0 Å². The van der Waals surface area contributed by atoms with Crippen LogP contribution < -0.4 is 9.47 Å². The van der Waals surface area contributed by atoms with Crippen molar-refractivity contribution in [2.24, 2.45) is 0 Å². The molecule has 1 aliphatic heterocycles. The molecule has 1 N–H and O–H groups in total. The number of benzene rings is 1. The molecule has 1 atom stereocenters. The number of carbonyl (C=O) groups excluding carboxylic acids is 1. The SMILES string of the molecule is COc1ccc(C(O)CCC(=O)N2CC2)c(OC)c1. The lowest BCUT2D eigenvalue weighted by Crippen LogP contribution is -2.12. The van der Waals surface area contributed by atoms with Crippen molar-refractivity contribution < 1.29 is 19.4 Å². The van der Waals surface area contributed by atoms with Crippen LogP contribution in [0.5, 0.6) is 11.5 Å². The van der Waals surface area contributed by atoms with Crippen molar-refractivity contribution in [3.05, 3.63) is 23.8 Å². The summed E-state index contributed by atoms with van der Waals surface area (Å²) in [5, 5.41) is 10.2. The van der Waals surface area contributed by atoms with Gasteiger partial charge >= 0.3 is 0 Å². The molecule has 0 aromatic heterocycles. The largest absolute Gasteiger partial charge is 0.497 e. The number of aliphatic hydroxyl groups excluding tert-OH is 1. The molecule has 1 aromatic carbocycles. The minimum Gasteiger partial charge on any atom is -0.497 e. The van der Waals surface area contributed by atoms with Crippen LogP contribution in [-0.2, 0) is 4.79 Å². The summed E-state index contributed by atoms with van der Waals surface area (Å²) in [5.74, 6) is 1.35. The molecule has 1 fully saturated rings. The zero-order chi connectivity index (χ0) is 13.8. The van der Waals surface area contributed by atoms with E-state index >= 15 is 0 Å². The summed E-state index contributed by atoms with van der Waals surface area (Å²) in [6, 6.07) is 5.27. The van der Waals surface area contributed by atoms with Crippen LogP contribution in [0.3, 0.4) is 0 Å². The van der Waals surface area contributed by atoms with Crippen molar-refractivity contribution in [1.82, 2.24) is 4.90 Å². The van der Waals surface area contributed by atoms with Crippen molar-refractivity contribution in [3.63, 3.8) is 0 Å². The molecule has 19 heavy (non-hydrogen) atoms. The molecular weight excluding hydrogens is 246 g/mol. The highest BCUT2D eigenvalue weighted by molar-refractivity contribution is 5.78. The summed E-state index contributed by atoms with van der Waals surface area (Å²) in [7, 11) is 3.12. The first-order chi connectivity index (χ1) is 9.15. The van der Waals surface area contributed by atoms with Gasteiger partial charge in [-0.25, -0.2) is 0 Å². The van der Waals surface area contributed by atoms with Crippen LogP contribution in [0.2, 0.25) is 0 Å². The van der Waals surface area contributed by atoms with Crippen LogP contribution in [-0.4, -0.2) is 43.2 Å². The van der Waals surface area contributed by atoms with Crippen molar-refractivity contribution in [2.45, 2.75) is 18.9 Å². The molecular formula is C14H19NO4. The Labute approximate surface area is 112 Å². The molecule has 2 rings (SSSR count). The third-order valence-electron chi connectivity index (χ3n) is 3.23. The molecule has 1 saturated heterocycles. The van der Waals surface area contributed by atoms with Crippen molar-refractivity contribution >= 4 is 5.91 Å². The normalized spacial score (nSPS) is 15.0. The zero-order valence-electron chi connectivity index (χ0n) is 11.3. The second kappa shape index (κ2) is 5.93. The van der Waals surface area contributed by atoms with Gasteiger partial charge in [-0.1, -0.05) is 0 Å². The molecule has 0 bridgehead atoms. The fourth-order valence-corrected chi connectivity index (χ4v) is 1.97. The topological polar surface area (TPSA) is 58.8 Å². The molecule has 1 aromatic rings. The number of hydrogen-bond acceptors (Lipinski definition) is 4.